The first kappa shape index (κ1) is 27.1. The number of nitrogens with one attached hydrogen (secondary N) is 1. The Morgan fingerprint density at radius 1 is 1.00 bits per heavy atom. The SMILES string of the molecule is CCOC(COCCN1CCN(c2cc3c(cc2F)C(=O)N(C2CCC(=O)NC2=O)C3=O)CC1)OCC. The van der Waals surface area contributed by atoms with Gasteiger partial charge >= 0.3 is 0 Å². The molecular weight excluding hydrogens is 487 g/mol. The van der Waals surface area contributed by atoms with E-state index in [1.165, 1.54) is 6.07 Å². The smallest absolute Gasteiger partial charge is 0.262 e. The summed E-state index contributed by atoms with van der Waals surface area (Å²) in [7, 11) is 0. The van der Waals surface area contributed by atoms with Gasteiger partial charge in [-0.2, -0.15) is 0 Å². The number of imide groups is 2. The van der Waals surface area contributed by atoms with Crippen LogP contribution in [-0.4, -0.2) is 105 Å². The third-order valence-electron chi connectivity index (χ3n) is 6.73. The van der Waals surface area contributed by atoms with Gasteiger partial charge in [-0.25, -0.2) is 4.39 Å². The number of hydrogen-bond acceptors (Lipinski definition) is 9. The van der Waals surface area contributed by atoms with E-state index in [-0.39, 0.29) is 35.9 Å². The van der Waals surface area contributed by atoms with Gasteiger partial charge in [-0.05, 0) is 32.4 Å². The summed E-state index contributed by atoms with van der Waals surface area (Å²) < 4.78 is 31.7. The van der Waals surface area contributed by atoms with Gasteiger partial charge in [0, 0.05) is 52.4 Å². The highest BCUT2D eigenvalue weighted by Gasteiger charge is 2.45. The van der Waals surface area contributed by atoms with Crippen molar-refractivity contribution in [3.8, 4) is 0 Å². The number of ether oxygens (including phenoxy) is 3. The predicted octanol–water partition coefficient (Wildman–Crippen LogP) is 0.765. The van der Waals surface area contributed by atoms with Crippen molar-refractivity contribution in [2.75, 3.05) is 64.1 Å². The van der Waals surface area contributed by atoms with Gasteiger partial charge in [0.15, 0.2) is 6.29 Å². The Hall–Kier alpha value is -2.93. The summed E-state index contributed by atoms with van der Waals surface area (Å²) in [5, 5.41) is 2.16. The number of rotatable bonds is 11. The van der Waals surface area contributed by atoms with E-state index in [1.54, 1.807) is 0 Å². The van der Waals surface area contributed by atoms with E-state index in [1.807, 2.05) is 18.7 Å². The molecule has 4 amide bonds. The third-order valence-corrected chi connectivity index (χ3v) is 6.73. The van der Waals surface area contributed by atoms with E-state index in [0.717, 1.165) is 11.0 Å². The molecule has 2 fully saturated rings. The number of anilines is 1. The van der Waals surface area contributed by atoms with Crippen LogP contribution in [0.25, 0.3) is 0 Å². The average molecular weight is 521 g/mol. The van der Waals surface area contributed by atoms with Gasteiger partial charge in [-0.15, -0.1) is 0 Å². The number of carbonyl (C=O) groups excluding carboxylic acids is 4. The van der Waals surface area contributed by atoms with Crippen molar-refractivity contribution in [2.24, 2.45) is 0 Å². The van der Waals surface area contributed by atoms with Gasteiger partial charge in [0.2, 0.25) is 11.8 Å². The minimum absolute atomic E-state index is 0.0261. The Morgan fingerprint density at radius 3 is 2.27 bits per heavy atom. The summed E-state index contributed by atoms with van der Waals surface area (Å²) in [6.07, 6.45) is -0.303. The quantitative estimate of drug-likeness (QED) is 0.256. The van der Waals surface area contributed by atoms with Crippen LogP contribution in [-0.2, 0) is 23.8 Å². The van der Waals surface area contributed by atoms with Crippen molar-refractivity contribution >= 4 is 29.3 Å². The summed E-state index contributed by atoms with van der Waals surface area (Å²) in [5.41, 5.74) is 0.251. The van der Waals surface area contributed by atoms with Crippen molar-refractivity contribution < 1.29 is 37.8 Å². The lowest BCUT2D eigenvalue weighted by Gasteiger charge is -2.36. The Morgan fingerprint density at radius 2 is 1.65 bits per heavy atom. The molecule has 1 unspecified atom stereocenters. The maximum absolute atomic E-state index is 15.1. The first-order chi connectivity index (χ1) is 17.8. The fraction of sp³-hybridized carbons (Fsp3) is 0.600. The van der Waals surface area contributed by atoms with Crippen LogP contribution in [0.3, 0.4) is 0 Å². The van der Waals surface area contributed by atoms with Crippen molar-refractivity contribution in [1.29, 1.82) is 0 Å². The maximum Gasteiger partial charge on any atom is 0.262 e. The van der Waals surface area contributed by atoms with Crippen LogP contribution < -0.4 is 10.2 Å². The first-order valence-electron chi connectivity index (χ1n) is 12.7. The number of amides is 4. The lowest BCUT2D eigenvalue weighted by atomic mass is 10.0. The molecule has 1 aromatic rings. The van der Waals surface area contributed by atoms with Crippen molar-refractivity contribution in [3.63, 3.8) is 0 Å². The number of fused-ring (bicyclic) bond motifs is 1. The van der Waals surface area contributed by atoms with E-state index >= 15 is 4.39 Å². The number of piperidine rings is 1. The molecule has 1 N–H and O–H groups in total. The Balaban J connectivity index is 1.33. The molecule has 3 aliphatic rings. The van der Waals surface area contributed by atoms with Crippen molar-refractivity contribution in [1.82, 2.24) is 15.1 Å². The minimum atomic E-state index is -1.08. The molecule has 1 aromatic carbocycles. The lowest BCUT2D eigenvalue weighted by molar-refractivity contribution is -0.167. The molecule has 0 spiro atoms. The van der Waals surface area contributed by atoms with E-state index in [2.05, 4.69) is 10.2 Å². The minimum Gasteiger partial charge on any atom is -0.375 e. The molecule has 37 heavy (non-hydrogen) atoms. The van der Waals surface area contributed by atoms with Gasteiger partial charge < -0.3 is 19.1 Å². The number of nitrogens with zero attached hydrogens (tertiary/aromatic N) is 3. The Kier molecular flexibility index (Phi) is 8.85. The van der Waals surface area contributed by atoms with E-state index in [9.17, 15) is 19.2 Å². The topological polar surface area (TPSA) is 118 Å². The number of benzene rings is 1. The molecule has 11 nitrogen and oxygen atoms in total. The molecular formula is C25H33FN4O7. The summed E-state index contributed by atoms with van der Waals surface area (Å²) in [6.45, 7) is 8.89. The number of carbonyl (C=O) groups is 4. The zero-order valence-electron chi connectivity index (χ0n) is 21.2. The standard InChI is InChI=1S/C25H33FN4O7/c1-3-36-22(37-4-2)15-35-12-11-28-7-9-29(10-8-28)20-14-17-16(13-18(20)26)24(33)30(25(17)34)19-5-6-21(31)27-23(19)32/h13-14,19,22H,3-12,15H2,1-2H3,(H,27,31,32). The first-order valence-corrected chi connectivity index (χ1v) is 12.7. The van der Waals surface area contributed by atoms with E-state index < -0.39 is 35.5 Å². The molecule has 0 aliphatic carbocycles. The Bertz CT molecular complexity index is 1040. The molecule has 3 heterocycles. The fourth-order valence-electron chi connectivity index (χ4n) is 4.82. The van der Waals surface area contributed by atoms with E-state index in [0.29, 0.717) is 59.2 Å². The zero-order chi connectivity index (χ0) is 26.5. The van der Waals surface area contributed by atoms with Gasteiger partial charge in [0.05, 0.1) is 30.0 Å². The van der Waals surface area contributed by atoms with Crippen LogP contribution in [0.4, 0.5) is 10.1 Å². The van der Waals surface area contributed by atoms with Crippen LogP contribution in [0.5, 0.6) is 0 Å². The summed E-state index contributed by atoms with van der Waals surface area (Å²) >= 11 is 0. The number of hydrogen-bond donors (Lipinski definition) is 1. The molecule has 0 radical (unpaired) electrons. The van der Waals surface area contributed by atoms with Gasteiger partial charge in [0.25, 0.3) is 11.8 Å². The largest absolute Gasteiger partial charge is 0.375 e. The average Bonchev–Trinajstić information content (AvgIpc) is 3.11. The van der Waals surface area contributed by atoms with Gasteiger partial charge in [-0.1, -0.05) is 0 Å². The molecule has 1 atom stereocenters. The molecule has 2 saturated heterocycles. The monoisotopic (exact) mass is 520 g/mol. The van der Waals surface area contributed by atoms with Gasteiger partial charge in [0.1, 0.15) is 11.9 Å². The fourth-order valence-corrected chi connectivity index (χ4v) is 4.82. The van der Waals surface area contributed by atoms with Crippen LogP contribution in [0, 0.1) is 5.82 Å². The molecule has 0 aromatic heterocycles. The maximum atomic E-state index is 15.1. The second-order valence-corrected chi connectivity index (χ2v) is 9.04. The predicted molar refractivity (Wildman–Crippen MR) is 130 cm³/mol. The van der Waals surface area contributed by atoms with Crippen LogP contribution in [0.2, 0.25) is 0 Å². The summed E-state index contributed by atoms with van der Waals surface area (Å²) in [6, 6.07) is 1.39. The second kappa shape index (κ2) is 12.1. The van der Waals surface area contributed by atoms with Gasteiger partial charge in [-0.3, -0.25) is 34.3 Å². The molecule has 0 bridgehead atoms. The zero-order valence-corrected chi connectivity index (χ0v) is 21.2. The number of halogens is 1. The number of piperazine rings is 1. The highest BCUT2D eigenvalue weighted by Crippen LogP contribution is 2.33. The Labute approximate surface area is 214 Å². The van der Waals surface area contributed by atoms with Crippen LogP contribution in [0.15, 0.2) is 12.1 Å². The molecule has 3 aliphatic heterocycles. The second-order valence-electron chi connectivity index (χ2n) is 9.04. The van der Waals surface area contributed by atoms with Crippen molar-refractivity contribution in [3.05, 3.63) is 29.1 Å². The summed E-state index contributed by atoms with van der Waals surface area (Å²) in [5.74, 6) is -3.11. The van der Waals surface area contributed by atoms with Crippen LogP contribution >= 0.6 is 0 Å². The molecule has 12 heteroatoms. The third kappa shape index (κ3) is 5.98. The highest BCUT2D eigenvalue weighted by atomic mass is 19.1. The molecule has 4 rings (SSSR count). The normalized spacial score (nSPS) is 20.7. The van der Waals surface area contributed by atoms with Crippen molar-refractivity contribution in [2.45, 2.75) is 39.0 Å². The lowest BCUT2D eigenvalue weighted by Crippen LogP contribution is -2.54. The van der Waals surface area contributed by atoms with Crippen LogP contribution in [0.1, 0.15) is 47.4 Å². The van der Waals surface area contributed by atoms with E-state index in [4.69, 9.17) is 14.2 Å². The highest BCUT2D eigenvalue weighted by molar-refractivity contribution is 6.23. The molecule has 0 saturated carbocycles. The summed E-state index contributed by atoms with van der Waals surface area (Å²) in [4.78, 5) is 54.5. The molecule has 202 valence electrons.